The van der Waals surface area contributed by atoms with Gasteiger partial charge in [-0.2, -0.15) is 0 Å². The van der Waals surface area contributed by atoms with E-state index < -0.39 is 23.1 Å². The number of pyridine rings is 1. The number of benzene rings is 2. The Hall–Kier alpha value is -4.30. The fourth-order valence-electron chi connectivity index (χ4n) is 6.24. The van der Waals surface area contributed by atoms with E-state index in [0.29, 0.717) is 53.2 Å². The van der Waals surface area contributed by atoms with Gasteiger partial charge in [0.1, 0.15) is 46.1 Å². The summed E-state index contributed by atoms with van der Waals surface area (Å²) < 4.78 is 25.2. The van der Waals surface area contributed by atoms with Crippen LogP contribution in [0, 0.1) is 5.82 Å². The number of Topliss-reactive ketones (excluding diaryl/α,β-unsaturated/α-hetero) is 1. The van der Waals surface area contributed by atoms with E-state index >= 15 is 0 Å². The number of nitrogens with zero attached hydrogens (tertiary/aromatic N) is 3. The van der Waals surface area contributed by atoms with E-state index in [0.717, 1.165) is 6.42 Å². The Labute approximate surface area is 246 Å². The van der Waals surface area contributed by atoms with Crippen molar-refractivity contribution in [3.8, 4) is 16.9 Å². The first-order chi connectivity index (χ1) is 20.2. The molecule has 0 saturated carbocycles. The zero-order valence-electron chi connectivity index (χ0n) is 23.0. The number of halogens is 2. The van der Waals surface area contributed by atoms with Crippen LogP contribution in [0.3, 0.4) is 0 Å². The number of fused-ring (bicyclic) bond motifs is 3. The minimum absolute atomic E-state index is 0.0711. The van der Waals surface area contributed by atoms with E-state index in [2.05, 4.69) is 15.8 Å². The fourth-order valence-corrected chi connectivity index (χ4v) is 6.51. The molecule has 8 nitrogen and oxygen atoms in total. The van der Waals surface area contributed by atoms with Crippen LogP contribution in [0.1, 0.15) is 30.3 Å². The van der Waals surface area contributed by atoms with Crippen LogP contribution in [0.4, 0.5) is 4.39 Å². The molecular formula is C32H27ClFN3O5. The highest BCUT2D eigenvalue weighted by Gasteiger charge is 2.55. The normalized spacial score (nSPS) is 20.8. The van der Waals surface area contributed by atoms with Crippen molar-refractivity contribution in [1.29, 1.82) is 0 Å². The van der Waals surface area contributed by atoms with Gasteiger partial charge in [-0.3, -0.25) is 14.7 Å². The van der Waals surface area contributed by atoms with Crippen molar-refractivity contribution in [2.45, 2.75) is 37.5 Å². The van der Waals surface area contributed by atoms with Gasteiger partial charge < -0.3 is 14.1 Å². The Morgan fingerprint density at radius 2 is 2.02 bits per heavy atom. The third kappa shape index (κ3) is 4.79. The topological polar surface area (TPSA) is 92.9 Å². The molecule has 0 amide bonds. The maximum absolute atomic E-state index is 13.7. The van der Waals surface area contributed by atoms with E-state index in [4.69, 9.17) is 20.8 Å². The molecule has 2 saturated heterocycles. The van der Waals surface area contributed by atoms with Gasteiger partial charge in [-0.25, -0.2) is 14.0 Å². The minimum atomic E-state index is -0.816. The summed E-state index contributed by atoms with van der Waals surface area (Å²) in [5.41, 5.74) is 0.499. The summed E-state index contributed by atoms with van der Waals surface area (Å²) >= 11 is 6.27. The molecule has 2 aliphatic rings. The van der Waals surface area contributed by atoms with Gasteiger partial charge in [-0.1, -0.05) is 17.7 Å². The number of hydrogen-bond acceptors (Lipinski definition) is 8. The molecule has 2 aliphatic heterocycles. The van der Waals surface area contributed by atoms with Crippen molar-refractivity contribution in [2.24, 2.45) is 0 Å². The van der Waals surface area contributed by atoms with Gasteiger partial charge in [-0.05, 0) is 69.3 Å². The Balaban J connectivity index is 1.27. The first-order valence-corrected chi connectivity index (χ1v) is 14.0. The summed E-state index contributed by atoms with van der Waals surface area (Å²) in [7, 11) is 1.95. The number of rotatable bonds is 7. The summed E-state index contributed by atoms with van der Waals surface area (Å²) in [6.07, 6.45) is 2.36. The number of hydrogen-bond donors (Lipinski definition) is 0. The van der Waals surface area contributed by atoms with Crippen molar-refractivity contribution >= 4 is 34.3 Å². The Bertz CT molecular complexity index is 1810. The van der Waals surface area contributed by atoms with Crippen molar-refractivity contribution in [3.63, 3.8) is 0 Å². The molecule has 0 aliphatic carbocycles. The zero-order chi connectivity index (χ0) is 29.6. The van der Waals surface area contributed by atoms with Crippen molar-refractivity contribution in [3.05, 3.63) is 99.5 Å². The van der Waals surface area contributed by atoms with Gasteiger partial charge in [0.2, 0.25) is 5.78 Å². The molecule has 2 bridgehead atoms. The highest BCUT2D eigenvalue weighted by atomic mass is 35.5. The summed E-state index contributed by atoms with van der Waals surface area (Å²) in [5, 5.41) is 0.747. The first-order valence-electron chi connectivity index (χ1n) is 13.6. The average molecular weight is 588 g/mol. The van der Waals surface area contributed by atoms with E-state index in [1.165, 1.54) is 24.3 Å². The second-order valence-electron chi connectivity index (χ2n) is 10.8. The highest BCUT2D eigenvalue weighted by Crippen LogP contribution is 2.41. The lowest BCUT2D eigenvalue weighted by atomic mass is 9.87. The minimum Gasteiger partial charge on any atom is -0.484 e. The zero-order valence-corrected chi connectivity index (χ0v) is 23.7. The van der Waals surface area contributed by atoms with Gasteiger partial charge in [0.15, 0.2) is 0 Å². The summed E-state index contributed by atoms with van der Waals surface area (Å²) in [6.45, 7) is 2.60. The van der Waals surface area contributed by atoms with Crippen LogP contribution in [-0.2, 0) is 4.79 Å². The number of ketones is 1. The Morgan fingerprint density at radius 1 is 1.19 bits per heavy atom. The van der Waals surface area contributed by atoms with Crippen LogP contribution < -0.4 is 10.4 Å². The molecule has 0 radical (unpaired) electrons. The van der Waals surface area contributed by atoms with Crippen LogP contribution in [0.15, 0.2) is 81.8 Å². The molecule has 4 heterocycles. The van der Waals surface area contributed by atoms with Crippen molar-refractivity contribution in [2.75, 3.05) is 20.1 Å². The van der Waals surface area contributed by atoms with Crippen LogP contribution in [-0.4, -0.2) is 64.3 Å². The molecule has 2 aromatic heterocycles. The number of likely N-dealkylation sites (N-methyl/N-ethyl adjacent to an activating group) is 1. The monoisotopic (exact) mass is 587 g/mol. The van der Waals surface area contributed by atoms with Gasteiger partial charge in [0, 0.05) is 54.0 Å². The van der Waals surface area contributed by atoms with Crippen LogP contribution >= 0.6 is 11.6 Å². The van der Waals surface area contributed by atoms with E-state index in [-0.39, 0.29) is 22.4 Å². The van der Waals surface area contributed by atoms with Crippen LogP contribution in [0.2, 0.25) is 5.02 Å². The Morgan fingerprint density at radius 3 is 2.76 bits per heavy atom. The summed E-state index contributed by atoms with van der Waals surface area (Å²) in [5.74, 6) is 1.87. The quantitative estimate of drug-likeness (QED) is 0.166. The largest absolute Gasteiger partial charge is 0.484 e. The molecule has 0 spiro atoms. The van der Waals surface area contributed by atoms with E-state index in [9.17, 15) is 18.8 Å². The van der Waals surface area contributed by atoms with Gasteiger partial charge >= 0.3 is 5.63 Å². The molecule has 42 heavy (non-hydrogen) atoms. The smallest absolute Gasteiger partial charge is 0.336 e. The molecule has 2 unspecified atom stereocenters. The van der Waals surface area contributed by atoms with Crippen molar-refractivity contribution < 1.29 is 23.1 Å². The molecule has 4 aromatic rings. The molecule has 6 rings (SSSR count). The standard InChI is InChI=1S/C32H27ClFN3O5/c1-19(28(17-38)37-16-21-10-11-32(18-37,36(21)2)31(40)27-5-3-4-12-35-27)41-22-7-9-24-25(15-30(39)42-29(24)14-22)23-8-6-20(34)13-26(23)33/h3-9,12-15,19,21H,10-11,16,18H2,1-2H3/t19-,21?,32?/m1/s1. The van der Waals surface area contributed by atoms with Gasteiger partial charge in [0.05, 0.1) is 5.02 Å². The number of aromatic nitrogens is 1. The number of carbonyl (C=O) groups excluding carboxylic acids is 2. The molecule has 2 aromatic carbocycles. The summed E-state index contributed by atoms with van der Waals surface area (Å²) in [4.78, 5) is 46.7. The maximum Gasteiger partial charge on any atom is 0.336 e. The predicted molar refractivity (Wildman–Crippen MR) is 156 cm³/mol. The molecule has 0 N–H and O–H groups in total. The molecule has 10 heteroatoms. The Kier molecular flexibility index (Phi) is 7.19. The SMILES string of the molecule is C[C@@H](Oc1ccc2c(-c3ccc(F)cc3Cl)cc(=O)oc2c1)C(=C=O)N1CC2CCC(C(=O)c3ccccn3)(C1)N2C. The number of ether oxygens (including phenoxy) is 1. The number of carbonyl (C=O) groups is 1. The molecular weight excluding hydrogens is 561 g/mol. The lowest BCUT2D eigenvalue weighted by Crippen LogP contribution is -2.64. The van der Waals surface area contributed by atoms with E-state index in [1.54, 1.807) is 49.5 Å². The van der Waals surface area contributed by atoms with Crippen LogP contribution in [0.25, 0.3) is 22.1 Å². The van der Waals surface area contributed by atoms with E-state index in [1.807, 2.05) is 11.9 Å². The first kappa shape index (κ1) is 27.8. The lowest BCUT2D eigenvalue weighted by molar-refractivity contribution is 0.0252. The maximum atomic E-state index is 13.7. The van der Waals surface area contributed by atoms with Gasteiger partial charge in [-0.15, -0.1) is 0 Å². The average Bonchev–Trinajstić information content (AvgIpc) is 3.14. The second kappa shape index (κ2) is 10.8. The lowest BCUT2D eigenvalue weighted by Gasteiger charge is -2.47. The predicted octanol–water partition coefficient (Wildman–Crippen LogP) is 5.16. The summed E-state index contributed by atoms with van der Waals surface area (Å²) in [6, 6.07) is 15.6. The number of likely N-dealkylation sites (tertiary alicyclic amines) is 1. The third-order valence-corrected chi connectivity index (χ3v) is 8.71. The third-order valence-electron chi connectivity index (χ3n) is 8.40. The molecule has 214 valence electrons. The second-order valence-corrected chi connectivity index (χ2v) is 11.2. The van der Waals surface area contributed by atoms with Crippen molar-refractivity contribution in [1.82, 2.24) is 14.8 Å². The van der Waals surface area contributed by atoms with Gasteiger partial charge in [0.25, 0.3) is 0 Å². The molecule has 3 atom stereocenters. The molecule has 2 fully saturated rings. The number of piperazine rings is 1. The highest BCUT2D eigenvalue weighted by molar-refractivity contribution is 6.33. The van der Waals surface area contributed by atoms with Crippen LogP contribution in [0.5, 0.6) is 5.75 Å². The fraction of sp³-hybridized carbons (Fsp3) is 0.281.